The molecule has 2 N–H and O–H groups in total. The summed E-state index contributed by atoms with van der Waals surface area (Å²) in [5.74, 6) is 1.30. The van der Waals surface area contributed by atoms with E-state index in [2.05, 4.69) is 40.4 Å². The molecule has 2 aromatic carbocycles. The minimum absolute atomic E-state index is 0.193. The van der Waals surface area contributed by atoms with Crippen molar-refractivity contribution in [2.75, 3.05) is 19.0 Å². The number of ether oxygens (including phenoxy) is 2. The Morgan fingerprint density at radius 2 is 2.00 bits per heavy atom. The lowest BCUT2D eigenvalue weighted by molar-refractivity contribution is 0.0974. The molecule has 0 saturated carbocycles. The highest BCUT2D eigenvalue weighted by Crippen LogP contribution is 2.23. The highest BCUT2D eigenvalue weighted by Gasteiger charge is 2.14. The Kier molecular flexibility index (Phi) is 7.41. The third-order valence-corrected chi connectivity index (χ3v) is 4.01. The number of amides is 1. The van der Waals surface area contributed by atoms with Crippen molar-refractivity contribution < 1.29 is 14.3 Å². The standard InChI is InChI=1S/C19H21BrN2O3S/c1-12(2)11-25-15-6-4-5-14(10-15)21-19(26)22-18(23)16-9-13(20)7-8-17(16)24-3/h4-10,12H,11H2,1-3H3,(H2,21,22,23,26). The van der Waals surface area contributed by atoms with Crippen LogP contribution in [-0.2, 0) is 0 Å². The summed E-state index contributed by atoms with van der Waals surface area (Å²) in [6, 6.07) is 12.6. The number of nitrogens with one attached hydrogen (secondary N) is 2. The minimum Gasteiger partial charge on any atom is -0.496 e. The Balaban J connectivity index is 2.01. The smallest absolute Gasteiger partial charge is 0.261 e. The third-order valence-electron chi connectivity index (χ3n) is 3.31. The van der Waals surface area contributed by atoms with Gasteiger partial charge in [0.05, 0.1) is 19.3 Å². The maximum atomic E-state index is 12.5. The Hall–Kier alpha value is -2.12. The van der Waals surface area contributed by atoms with E-state index in [0.717, 1.165) is 15.9 Å². The van der Waals surface area contributed by atoms with Gasteiger partial charge in [-0.25, -0.2) is 0 Å². The summed E-state index contributed by atoms with van der Waals surface area (Å²) in [5.41, 5.74) is 1.12. The van der Waals surface area contributed by atoms with Gasteiger partial charge < -0.3 is 14.8 Å². The SMILES string of the molecule is COc1ccc(Br)cc1C(=O)NC(=S)Nc1cccc(OCC(C)C)c1. The fourth-order valence-corrected chi connectivity index (χ4v) is 2.69. The monoisotopic (exact) mass is 436 g/mol. The number of rotatable bonds is 6. The van der Waals surface area contributed by atoms with Crippen molar-refractivity contribution in [1.82, 2.24) is 5.32 Å². The van der Waals surface area contributed by atoms with E-state index in [1.807, 2.05) is 24.3 Å². The molecule has 0 aromatic heterocycles. The highest BCUT2D eigenvalue weighted by atomic mass is 79.9. The van der Waals surface area contributed by atoms with Gasteiger partial charge >= 0.3 is 0 Å². The molecule has 0 atom stereocenters. The Labute approximate surface area is 167 Å². The molecule has 0 aliphatic rings. The van der Waals surface area contributed by atoms with Crippen molar-refractivity contribution in [2.24, 2.45) is 5.92 Å². The summed E-state index contributed by atoms with van der Waals surface area (Å²) in [6.07, 6.45) is 0. The Bertz CT molecular complexity index is 796. The van der Waals surface area contributed by atoms with Crippen LogP contribution in [-0.4, -0.2) is 24.7 Å². The van der Waals surface area contributed by atoms with Crippen molar-refractivity contribution in [3.8, 4) is 11.5 Å². The predicted molar refractivity (Wildman–Crippen MR) is 111 cm³/mol. The van der Waals surface area contributed by atoms with Gasteiger partial charge in [0, 0.05) is 16.2 Å². The lowest BCUT2D eigenvalue weighted by Crippen LogP contribution is -2.34. The molecule has 5 nitrogen and oxygen atoms in total. The van der Waals surface area contributed by atoms with Gasteiger partial charge in [-0.1, -0.05) is 35.8 Å². The molecule has 26 heavy (non-hydrogen) atoms. The zero-order valence-electron chi connectivity index (χ0n) is 14.8. The second-order valence-electron chi connectivity index (χ2n) is 5.99. The van der Waals surface area contributed by atoms with E-state index in [-0.39, 0.29) is 11.0 Å². The number of hydrogen-bond donors (Lipinski definition) is 2. The molecule has 0 heterocycles. The van der Waals surface area contributed by atoms with Crippen molar-refractivity contribution >= 4 is 44.9 Å². The number of thiocarbonyl (C=S) groups is 1. The molecule has 0 fully saturated rings. The molecule has 1 amide bonds. The maximum Gasteiger partial charge on any atom is 0.261 e. The van der Waals surface area contributed by atoms with Crippen molar-refractivity contribution in [2.45, 2.75) is 13.8 Å². The zero-order chi connectivity index (χ0) is 19.1. The van der Waals surface area contributed by atoms with E-state index in [1.54, 1.807) is 18.2 Å². The quantitative estimate of drug-likeness (QED) is 0.646. The van der Waals surface area contributed by atoms with Crippen LogP contribution in [0.3, 0.4) is 0 Å². The van der Waals surface area contributed by atoms with E-state index in [1.165, 1.54) is 7.11 Å². The van der Waals surface area contributed by atoms with Gasteiger partial charge in [0.25, 0.3) is 5.91 Å². The first kappa shape index (κ1) is 20.2. The van der Waals surface area contributed by atoms with Gasteiger partial charge in [0.2, 0.25) is 0 Å². The molecule has 138 valence electrons. The molecule has 0 spiro atoms. The molecule has 0 bridgehead atoms. The topological polar surface area (TPSA) is 59.6 Å². The number of methoxy groups -OCH3 is 1. The second kappa shape index (κ2) is 9.54. The van der Waals surface area contributed by atoms with Crippen LogP contribution in [0.4, 0.5) is 5.69 Å². The number of halogens is 1. The van der Waals surface area contributed by atoms with Crippen molar-refractivity contribution in [3.05, 3.63) is 52.5 Å². The van der Waals surface area contributed by atoms with Gasteiger partial charge in [0.15, 0.2) is 5.11 Å². The predicted octanol–water partition coefficient (Wildman–Crippen LogP) is 4.62. The van der Waals surface area contributed by atoms with Crippen LogP contribution in [0.2, 0.25) is 0 Å². The van der Waals surface area contributed by atoms with E-state index in [9.17, 15) is 4.79 Å². The molecule has 2 aromatic rings. The average Bonchev–Trinajstić information content (AvgIpc) is 2.60. The summed E-state index contributed by atoms with van der Waals surface area (Å²) < 4.78 is 11.7. The van der Waals surface area contributed by atoms with E-state index in [0.29, 0.717) is 23.8 Å². The first-order valence-corrected chi connectivity index (χ1v) is 9.28. The van der Waals surface area contributed by atoms with Crippen LogP contribution < -0.4 is 20.1 Å². The first-order valence-electron chi connectivity index (χ1n) is 8.07. The lowest BCUT2D eigenvalue weighted by atomic mass is 10.2. The molecule has 0 unspecified atom stereocenters. The normalized spacial score (nSPS) is 10.3. The van der Waals surface area contributed by atoms with Crippen LogP contribution in [0.15, 0.2) is 46.9 Å². The summed E-state index contributed by atoms with van der Waals surface area (Å²) in [5, 5.41) is 5.84. The number of hydrogen-bond acceptors (Lipinski definition) is 4. The molecule has 0 aliphatic heterocycles. The summed E-state index contributed by atoms with van der Waals surface area (Å²) in [7, 11) is 1.51. The summed E-state index contributed by atoms with van der Waals surface area (Å²) >= 11 is 8.59. The average molecular weight is 437 g/mol. The van der Waals surface area contributed by atoms with E-state index in [4.69, 9.17) is 21.7 Å². The van der Waals surface area contributed by atoms with E-state index >= 15 is 0 Å². The van der Waals surface area contributed by atoms with Gasteiger partial charge in [-0.3, -0.25) is 10.1 Å². The van der Waals surface area contributed by atoms with E-state index < -0.39 is 0 Å². The molecule has 2 rings (SSSR count). The fraction of sp³-hybridized carbons (Fsp3) is 0.263. The molecule has 0 saturated heterocycles. The Morgan fingerprint density at radius 3 is 2.69 bits per heavy atom. The Morgan fingerprint density at radius 1 is 1.23 bits per heavy atom. The van der Waals surface area contributed by atoms with Gasteiger partial charge in [-0.2, -0.15) is 0 Å². The fourth-order valence-electron chi connectivity index (χ4n) is 2.12. The van der Waals surface area contributed by atoms with Gasteiger partial charge in [-0.15, -0.1) is 0 Å². The maximum absolute atomic E-state index is 12.5. The molecule has 7 heteroatoms. The summed E-state index contributed by atoms with van der Waals surface area (Å²) in [4.78, 5) is 12.5. The number of carbonyl (C=O) groups is 1. The van der Waals surface area contributed by atoms with Crippen molar-refractivity contribution in [1.29, 1.82) is 0 Å². The van der Waals surface area contributed by atoms with Crippen LogP contribution in [0, 0.1) is 5.92 Å². The molecular formula is C19H21BrN2O3S. The van der Waals surface area contributed by atoms with Crippen LogP contribution in [0.25, 0.3) is 0 Å². The minimum atomic E-state index is -0.354. The van der Waals surface area contributed by atoms with Gasteiger partial charge in [0.1, 0.15) is 11.5 Å². The largest absolute Gasteiger partial charge is 0.496 e. The number of carbonyl (C=O) groups excluding carboxylic acids is 1. The lowest BCUT2D eigenvalue weighted by Gasteiger charge is -2.13. The van der Waals surface area contributed by atoms with Crippen LogP contribution >= 0.6 is 28.1 Å². The van der Waals surface area contributed by atoms with Crippen LogP contribution in [0.1, 0.15) is 24.2 Å². The highest BCUT2D eigenvalue weighted by molar-refractivity contribution is 9.10. The second-order valence-corrected chi connectivity index (χ2v) is 7.31. The van der Waals surface area contributed by atoms with Crippen LogP contribution in [0.5, 0.6) is 11.5 Å². The molecule has 0 aliphatic carbocycles. The third kappa shape index (κ3) is 6.00. The van der Waals surface area contributed by atoms with Gasteiger partial charge in [-0.05, 0) is 48.5 Å². The molecule has 0 radical (unpaired) electrons. The summed E-state index contributed by atoms with van der Waals surface area (Å²) in [6.45, 7) is 4.80. The molecular weight excluding hydrogens is 416 g/mol. The van der Waals surface area contributed by atoms with Crippen molar-refractivity contribution in [3.63, 3.8) is 0 Å². The number of benzene rings is 2. The number of anilines is 1. The zero-order valence-corrected chi connectivity index (χ0v) is 17.2. The first-order chi connectivity index (χ1) is 12.4.